The number of fused-ring (bicyclic) bond motifs is 1. The van der Waals surface area contributed by atoms with Crippen molar-refractivity contribution in [3.63, 3.8) is 0 Å². The molecule has 80 valence electrons. The first-order valence-corrected chi connectivity index (χ1v) is 5.74. The van der Waals surface area contributed by atoms with E-state index in [2.05, 4.69) is 43.1 Å². The third kappa shape index (κ3) is 2.62. The molecule has 0 fully saturated rings. The first-order chi connectivity index (χ1) is 7.25. The summed E-state index contributed by atoms with van der Waals surface area (Å²) in [4.78, 5) is 0. The molecule has 0 bridgehead atoms. The van der Waals surface area contributed by atoms with Gasteiger partial charge in [0.15, 0.2) is 0 Å². The normalized spacial score (nSPS) is 19.1. The van der Waals surface area contributed by atoms with Crippen LogP contribution in [0.2, 0.25) is 0 Å². The van der Waals surface area contributed by atoms with Gasteiger partial charge >= 0.3 is 0 Å². The molecular formula is C14H19N. The molecule has 2 rings (SSSR count). The molecule has 0 aliphatic carbocycles. The van der Waals surface area contributed by atoms with Gasteiger partial charge in [-0.05, 0) is 44.2 Å². The topological polar surface area (TPSA) is 12.0 Å². The molecule has 1 aromatic carbocycles. The predicted molar refractivity (Wildman–Crippen MR) is 66.2 cm³/mol. The highest BCUT2D eigenvalue weighted by Gasteiger charge is 2.16. The van der Waals surface area contributed by atoms with Crippen molar-refractivity contribution in [3.8, 4) is 0 Å². The van der Waals surface area contributed by atoms with E-state index < -0.39 is 0 Å². The summed E-state index contributed by atoms with van der Waals surface area (Å²) in [6.07, 6.45) is 4.82. The molecule has 0 amide bonds. The number of rotatable bonds is 3. The van der Waals surface area contributed by atoms with Crippen molar-refractivity contribution < 1.29 is 0 Å². The van der Waals surface area contributed by atoms with E-state index >= 15 is 0 Å². The van der Waals surface area contributed by atoms with Gasteiger partial charge in [0.1, 0.15) is 0 Å². The fourth-order valence-electron chi connectivity index (χ4n) is 2.14. The maximum atomic E-state index is 3.96. The molecule has 1 heteroatoms. The van der Waals surface area contributed by atoms with Crippen LogP contribution in [0.15, 0.2) is 36.4 Å². The summed E-state index contributed by atoms with van der Waals surface area (Å²) in [6, 6.07) is 9.26. The Morgan fingerprint density at radius 3 is 3.07 bits per heavy atom. The Hall–Kier alpha value is -1.24. The number of anilines is 1. The molecule has 1 heterocycles. The summed E-state index contributed by atoms with van der Waals surface area (Å²) < 4.78 is 0. The number of allylic oxidation sites excluding steroid dienone is 1. The van der Waals surface area contributed by atoms with Crippen LogP contribution in [0.4, 0.5) is 5.69 Å². The smallest absolute Gasteiger partial charge is 0.0374 e. The third-order valence-corrected chi connectivity index (χ3v) is 3.06. The number of nitrogens with one attached hydrogen (secondary N) is 1. The Labute approximate surface area is 92.2 Å². The molecule has 15 heavy (non-hydrogen) atoms. The average Bonchev–Trinajstić information content (AvgIpc) is 2.26. The van der Waals surface area contributed by atoms with Gasteiger partial charge in [-0.15, -0.1) is 6.58 Å². The van der Waals surface area contributed by atoms with E-state index in [-0.39, 0.29) is 0 Å². The maximum Gasteiger partial charge on any atom is 0.0374 e. The van der Waals surface area contributed by atoms with Crippen LogP contribution in [0, 0.1) is 0 Å². The molecule has 0 aromatic heterocycles. The highest BCUT2D eigenvalue weighted by molar-refractivity contribution is 5.53. The van der Waals surface area contributed by atoms with Gasteiger partial charge in [-0.3, -0.25) is 0 Å². The van der Waals surface area contributed by atoms with Crippen molar-refractivity contribution >= 4 is 5.69 Å². The Balaban J connectivity index is 1.96. The lowest BCUT2D eigenvalue weighted by molar-refractivity contribution is 0.585. The first kappa shape index (κ1) is 10.3. The van der Waals surface area contributed by atoms with Gasteiger partial charge in [0.25, 0.3) is 0 Å². The van der Waals surface area contributed by atoms with E-state index in [1.54, 1.807) is 0 Å². The van der Waals surface area contributed by atoms with Crippen LogP contribution in [0.5, 0.6) is 0 Å². The monoisotopic (exact) mass is 201 g/mol. The van der Waals surface area contributed by atoms with Gasteiger partial charge in [0.2, 0.25) is 0 Å². The summed E-state index contributed by atoms with van der Waals surface area (Å²) in [5, 5.41) is 3.61. The summed E-state index contributed by atoms with van der Waals surface area (Å²) in [6.45, 7) is 6.06. The summed E-state index contributed by atoms with van der Waals surface area (Å²) >= 11 is 0. The Morgan fingerprint density at radius 2 is 2.27 bits per heavy atom. The van der Waals surface area contributed by atoms with E-state index in [1.807, 2.05) is 0 Å². The number of hydrogen-bond acceptors (Lipinski definition) is 1. The van der Waals surface area contributed by atoms with Crippen LogP contribution in [0.3, 0.4) is 0 Å². The quantitative estimate of drug-likeness (QED) is 0.734. The third-order valence-electron chi connectivity index (χ3n) is 3.06. The van der Waals surface area contributed by atoms with Gasteiger partial charge < -0.3 is 5.32 Å². The second-order valence-corrected chi connectivity index (χ2v) is 4.53. The standard InChI is InChI=1S/C14H19N/c1-11(2)7-9-13-10-8-12-5-3-4-6-14(12)15-13/h3-6,13,15H,1,7-10H2,2H3. The van der Waals surface area contributed by atoms with Crippen molar-refractivity contribution in [2.24, 2.45) is 0 Å². The Kier molecular flexibility index (Phi) is 3.10. The van der Waals surface area contributed by atoms with Gasteiger partial charge in [0.05, 0.1) is 0 Å². The van der Waals surface area contributed by atoms with Crippen molar-refractivity contribution in [3.05, 3.63) is 42.0 Å². The van der Waals surface area contributed by atoms with Gasteiger partial charge in [0, 0.05) is 11.7 Å². The van der Waals surface area contributed by atoms with Gasteiger partial charge in [-0.2, -0.15) is 0 Å². The predicted octanol–water partition coefficient (Wildman–Crippen LogP) is 3.77. The minimum Gasteiger partial charge on any atom is -0.382 e. The summed E-state index contributed by atoms with van der Waals surface area (Å²) in [7, 11) is 0. The van der Waals surface area contributed by atoms with Crippen LogP contribution in [0.25, 0.3) is 0 Å². The first-order valence-electron chi connectivity index (χ1n) is 5.74. The zero-order chi connectivity index (χ0) is 10.7. The Bertz CT molecular complexity index is 354. The molecule has 1 atom stereocenters. The molecule has 1 aliphatic heterocycles. The van der Waals surface area contributed by atoms with E-state index in [0.717, 1.165) is 6.42 Å². The molecular weight excluding hydrogens is 182 g/mol. The summed E-state index contributed by atoms with van der Waals surface area (Å²) in [5.41, 5.74) is 4.08. The van der Waals surface area contributed by atoms with E-state index in [0.29, 0.717) is 6.04 Å². The van der Waals surface area contributed by atoms with E-state index in [4.69, 9.17) is 0 Å². The molecule has 0 radical (unpaired) electrons. The maximum absolute atomic E-state index is 3.96. The average molecular weight is 201 g/mol. The second-order valence-electron chi connectivity index (χ2n) is 4.53. The molecule has 1 N–H and O–H groups in total. The highest BCUT2D eigenvalue weighted by Crippen LogP contribution is 2.26. The molecule has 0 saturated heterocycles. The fourth-order valence-corrected chi connectivity index (χ4v) is 2.14. The van der Waals surface area contributed by atoms with Crippen LogP contribution in [-0.4, -0.2) is 6.04 Å². The lowest BCUT2D eigenvalue weighted by Gasteiger charge is -2.27. The van der Waals surface area contributed by atoms with Crippen molar-refractivity contribution in [2.45, 2.75) is 38.6 Å². The van der Waals surface area contributed by atoms with E-state index in [9.17, 15) is 0 Å². The lowest BCUT2D eigenvalue weighted by atomic mass is 9.94. The van der Waals surface area contributed by atoms with Crippen molar-refractivity contribution in [2.75, 3.05) is 5.32 Å². The van der Waals surface area contributed by atoms with Crippen molar-refractivity contribution in [1.82, 2.24) is 0 Å². The van der Waals surface area contributed by atoms with Crippen LogP contribution in [-0.2, 0) is 6.42 Å². The molecule has 1 aromatic rings. The SMILES string of the molecule is C=C(C)CCC1CCc2ccccc2N1. The molecule has 1 nitrogen and oxygen atoms in total. The lowest BCUT2D eigenvalue weighted by Crippen LogP contribution is -2.25. The number of para-hydroxylation sites is 1. The Morgan fingerprint density at radius 1 is 1.47 bits per heavy atom. The second kappa shape index (κ2) is 4.52. The molecule has 1 unspecified atom stereocenters. The largest absolute Gasteiger partial charge is 0.382 e. The number of aryl methyl sites for hydroxylation is 1. The fraction of sp³-hybridized carbons (Fsp3) is 0.429. The number of benzene rings is 1. The van der Waals surface area contributed by atoms with Crippen LogP contribution >= 0.6 is 0 Å². The molecule has 1 aliphatic rings. The zero-order valence-corrected chi connectivity index (χ0v) is 9.42. The molecule has 0 spiro atoms. The van der Waals surface area contributed by atoms with Gasteiger partial charge in [-0.1, -0.05) is 23.8 Å². The minimum absolute atomic E-state index is 0.636. The van der Waals surface area contributed by atoms with Crippen LogP contribution in [0.1, 0.15) is 31.7 Å². The highest BCUT2D eigenvalue weighted by atomic mass is 14.9. The zero-order valence-electron chi connectivity index (χ0n) is 9.42. The van der Waals surface area contributed by atoms with Crippen molar-refractivity contribution in [1.29, 1.82) is 0 Å². The van der Waals surface area contributed by atoms with E-state index in [1.165, 1.54) is 36.1 Å². The minimum atomic E-state index is 0.636. The number of hydrogen-bond donors (Lipinski definition) is 1. The summed E-state index contributed by atoms with van der Waals surface area (Å²) in [5.74, 6) is 0. The van der Waals surface area contributed by atoms with Crippen LogP contribution < -0.4 is 5.32 Å². The van der Waals surface area contributed by atoms with Gasteiger partial charge in [-0.25, -0.2) is 0 Å². The molecule has 0 saturated carbocycles.